The number of ether oxygens (including phenoxy) is 1. The number of nitriles is 1. The fraction of sp³-hybridized carbons (Fsp3) is 0.333. The fourth-order valence-corrected chi connectivity index (χ4v) is 3.71. The summed E-state index contributed by atoms with van der Waals surface area (Å²) in [6.45, 7) is 11.2. The Morgan fingerprint density at radius 1 is 1.42 bits per heavy atom. The number of hydrogen-bond acceptors (Lipinski definition) is 4. The van der Waals surface area contributed by atoms with E-state index in [1.165, 1.54) is 29.4 Å². The van der Waals surface area contributed by atoms with E-state index in [-0.39, 0.29) is 23.3 Å². The van der Waals surface area contributed by atoms with Crippen LogP contribution in [0.2, 0.25) is 0 Å². The van der Waals surface area contributed by atoms with Gasteiger partial charge in [0, 0.05) is 29.4 Å². The first-order valence-electron chi connectivity index (χ1n) is 8.44. The molecule has 1 fully saturated rings. The highest BCUT2D eigenvalue weighted by atomic mass is 19.1. The van der Waals surface area contributed by atoms with E-state index in [9.17, 15) is 9.18 Å². The molecule has 2 unspecified atom stereocenters. The van der Waals surface area contributed by atoms with E-state index in [4.69, 9.17) is 10.00 Å². The maximum Gasteiger partial charge on any atom is 0.330 e. The van der Waals surface area contributed by atoms with Crippen LogP contribution in [-0.4, -0.2) is 12.1 Å². The second-order valence-electron chi connectivity index (χ2n) is 6.76. The first-order valence-corrected chi connectivity index (χ1v) is 8.44. The average molecular weight is 354 g/mol. The minimum Gasteiger partial charge on any atom is -0.458 e. The Morgan fingerprint density at radius 2 is 2.08 bits per heavy atom. The molecule has 0 radical (unpaired) electrons. The van der Waals surface area contributed by atoms with E-state index < -0.39 is 0 Å². The Morgan fingerprint density at radius 3 is 2.69 bits per heavy atom. The summed E-state index contributed by atoms with van der Waals surface area (Å²) in [5.41, 5.74) is 4.24. The van der Waals surface area contributed by atoms with Crippen molar-refractivity contribution in [2.75, 3.05) is 5.32 Å². The van der Waals surface area contributed by atoms with Crippen LogP contribution in [0.3, 0.4) is 0 Å². The maximum atomic E-state index is 13.0. The molecule has 1 aromatic carbocycles. The maximum absolute atomic E-state index is 13.0. The molecule has 5 heteroatoms. The predicted molar refractivity (Wildman–Crippen MR) is 99.5 cm³/mol. The zero-order valence-electron chi connectivity index (χ0n) is 15.1. The average Bonchev–Trinajstić information content (AvgIpc) is 2.94. The number of halogens is 1. The predicted octanol–water partition coefficient (Wildman–Crippen LogP) is 4.88. The lowest BCUT2D eigenvalue weighted by Gasteiger charge is -2.36. The Balaban J connectivity index is 0.00000117. The molecule has 1 N–H and O–H groups in total. The zero-order valence-corrected chi connectivity index (χ0v) is 15.1. The number of rotatable bonds is 4. The molecule has 0 saturated heterocycles. The number of allylic oxidation sites excluding steroid dienone is 2. The molecule has 26 heavy (non-hydrogen) atoms. The van der Waals surface area contributed by atoms with E-state index in [1.54, 1.807) is 12.1 Å². The standard InChI is InChI=1S/C20H22FNO2.CHN/c1-4-19(23)24-18-10-5-14-11-17(13(2)12-20(14,18)3)22-16-8-6-15(21)7-9-16;1-2/h4,6-9,11,18,22H,1,5,10,12H2,2-3H3;1H. The second-order valence-corrected chi connectivity index (χ2v) is 6.76. The lowest BCUT2D eigenvalue weighted by atomic mass is 9.73. The molecule has 3 rings (SSSR count). The quantitative estimate of drug-likeness (QED) is 0.618. The van der Waals surface area contributed by atoms with Gasteiger partial charge in [-0.05, 0) is 62.1 Å². The molecule has 0 spiro atoms. The van der Waals surface area contributed by atoms with Crippen LogP contribution in [0, 0.1) is 23.1 Å². The molecule has 1 aromatic rings. The largest absolute Gasteiger partial charge is 0.458 e. The number of fused-ring (bicyclic) bond motifs is 1. The molecular formula is C21H23FN2O2. The Hall–Kier alpha value is -2.87. The summed E-state index contributed by atoms with van der Waals surface area (Å²) in [6, 6.07) is 6.34. The lowest BCUT2D eigenvalue weighted by Crippen LogP contribution is -2.34. The van der Waals surface area contributed by atoms with E-state index >= 15 is 0 Å². The summed E-state index contributed by atoms with van der Waals surface area (Å²) >= 11 is 0. The molecule has 1 saturated carbocycles. The Labute approximate surface area is 153 Å². The van der Waals surface area contributed by atoms with E-state index in [0.29, 0.717) is 0 Å². The zero-order chi connectivity index (χ0) is 19.3. The number of esters is 1. The van der Waals surface area contributed by atoms with Gasteiger partial charge in [-0.3, -0.25) is 0 Å². The molecule has 2 aliphatic rings. The Bertz CT molecular complexity index is 777. The molecule has 0 heterocycles. The Kier molecular flexibility index (Phi) is 5.99. The summed E-state index contributed by atoms with van der Waals surface area (Å²) in [6.07, 6.45) is 5.84. The molecule has 0 bridgehead atoms. The minimum atomic E-state index is -0.362. The highest BCUT2D eigenvalue weighted by Crippen LogP contribution is 2.51. The van der Waals surface area contributed by atoms with E-state index in [1.807, 2.05) is 0 Å². The van der Waals surface area contributed by atoms with Crippen LogP contribution in [-0.2, 0) is 9.53 Å². The molecular weight excluding hydrogens is 331 g/mol. The van der Waals surface area contributed by atoms with Gasteiger partial charge in [0.1, 0.15) is 11.9 Å². The normalized spacial score (nSPS) is 23.9. The summed E-state index contributed by atoms with van der Waals surface area (Å²) in [7, 11) is 0. The van der Waals surface area contributed by atoms with Crippen molar-refractivity contribution in [2.45, 2.75) is 39.2 Å². The molecule has 2 aliphatic carbocycles. The van der Waals surface area contributed by atoms with Crippen molar-refractivity contribution < 1.29 is 13.9 Å². The first kappa shape index (κ1) is 19.5. The highest BCUT2D eigenvalue weighted by Gasteiger charge is 2.46. The highest BCUT2D eigenvalue weighted by molar-refractivity contribution is 5.81. The van der Waals surface area contributed by atoms with Gasteiger partial charge in [-0.15, -0.1) is 0 Å². The van der Waals surface area contributed by atoms with E-state index in [0.717, 1.165) is 30.6 Å². The topological polar surface area (TPSA) is 62.1 Å². The summed E-state index contributed by atoms with van der Waals surface area (Å²) < 4.78 is 18.6. The third-order valence-corrected chi connectivity index (χ3v) is 5.08. The number of nitrogens with one attached hydrogen (secondary N) is 1. The smallest absolute Gasteiger partial charge is 0.330 e. The monoisotopic (exact) mass is 354 g/mol. The van der Waals surface area contributed by atoms with Crippen molar-refractivity contribution in [3.63, 3.8) is 0 Å². The van der Waals surface area contributed by atoms with Gasteiger partial charge in [-0.1, -0.05) is 19.1 Å². The van der Waals surface area contributed by atoms with Crippen molar-refractivity contribution in [1.82, 2.24) is 0 Å². The number of carbonyl (C=O) groups is 1. The second kappa shape index (κ2) is 8.01. The van der Waals surface area contributed by atoms with Crippen LogP contribution in [0.4, 0.5) is 10.1 Å². The number of carbonyl (C=O) groups excluding carboxylic acids is 1. The first-order chi connectivity index (χ1) is 12.4. The summed E-state index contributed by atoms with van der Waals surface area (Å²) in [5, 5.41) is 9.87. The number of hydrogen-bond donors (Lipinski definition) is 1. The van der Waals surface area contributed by atoms with Crippen LogP contribution in [0.25, 0.3) is 0 Å². The lowest BCUT2D eigenvalue weighted by molar-refractivity contribution is -0.147. The van der Waals surface area contributed by atoms with Crippen LogP contribution >= 0.6 is 0 Å². The molecule has 2 atom stereocenters. The van der Waals surface area contributed by atoms with Crippen LogP contribution in [0.15, 0.2) is 59.8 Å². The SMILES string of the molecule is C#N.C=CC(=O)OC1CCC2=CC(Nc3ccc(F)cc3)=C(C)CC21C. The van der Waals surface area contributed by atoms with Gasteiger partial charge in [-0.25, -0.2) is 14.4 Å². The van der Waals surface area contributed by atoms with Gasteiger partial charge < -0.3 is 10.1 Å². The molecule has 0 aromatic heterocycles. The van der Waals surface area contributed by atoms with Crippen LogP contribution in [0.5, 0.6) is 0 Å². The molecule has 136 valence electrons. The summed E-state index contributed by atoms with van der Waals surface area (Å²) in [4.78, 5) is 11.6. The van der Waals surface area contributed by atoms with Crippen LogP contribution in [0.1, 0.15) is 33.1 Å². The van der Waals surface area contributed by atoms with Crippen molar-refractivity contribution in [3.8, 4) is 6.57 Å². The van der Waals surface area contributed by atoms with Gasteiger partial charge in [-0.2, -0.15) is 0 Å². The third kappa shape index (κ3) is 3.85. The van der Waals surface area contributed by atoms with Gasteiger partial charge in [0.05, 0.1) is 0 Å². The van der Waals surface area contributed by atoms with E-state index in [2.05, 4.69) is 38.4 Å². The van der Waals surface area contributed by atoms with Gasteiger partial charge >= 0.3 is 5.97 Å². The molecule has 4 nitrogen and oxygen atoms in total. The van der Waals surface area contributed by atoms with Crippen molar-refractivity contribution in [3.05, 3.63) is 65.7 Å². The third-order valence-electron chi connectivity index (χ3n) is 5.08. The molecule has 0 amide bonds. The van der Waals surface area contributed by atoms with Crippen LogP contribution < -0.4 is 5.32 Å². The number of anilines is 1. The van der Waals surface area contributed by atoms with Gasteiger partial charge in [0.2, 0.25) is 0 Å². The fourth-order valence-electron chi connectivity index (χ4n) is 3.71. The number of benzene rings is 1. The molecule has 0 aliphatic heterocycles. The van der Waals surface area contributed by atoms with Crippen molar-refractivity contribution in [1.29, 1.82) is 5.26 Å². The van der Waals surface area contributed by atoms with Crippen molar-refractivity contribution in [2.24, 2.45) is 5.41 Å². The van der Waals surface area contributed by atoms with Gasteiger partial charge in [0.25, 0.3) is 0 Å². The van der Waals surface area contributed by atoms with Crippen molar-refractivity contribution >= 4 is 11.7 Å². The number of nitrogens with zero attached hydrogens (tertiary/aromatic N) is 1. The summed E-state index contributed by atoms with van der Waals surface area (Å²) in [5.74, 6) is -0.608. The van der Waals surface area contributed by atoms with Gasteiger partial charge in [0.15, 0.2) is 0 Å². The minimum absolute atomic E-state index is 0.114.